The smallest absolute Gasteiger partial charge is 0.279 e. The molecule has 1 aromatic heterocycles. The Labute approximate surface area is 116 Å². The lowest BCUT2D eigenvalue weighted by Gasteiger charge is -2.20. The van der Waals surface area contributed by atoms with E-state index >= 15 is 0 Å². The quantitative estimate of drug-likeness (QED) is 0.740. The summed E-state index contributed by atoms with van der Waals surface area (Å²) in [6.45, 7) is 4.63. The highest BCUT2D eigenvalue weighted by Crippen LogP contribution is 2.10. The van der Waals surface area contributed by atoms with E-state index in [9.17, 15) is 14.4 Å². The first-order chi connectivity index (χ1) is 9.41. The first-order valence-electron chi connectivity index (χ1n) is 6.52. The number of carbonyl (C=O) groups excluding carboxylic acids is 2. The van der Waals surface area contributed by atoms with E-state index in [1.54, 1.807) is 18.7 Å². The van der Waals surface area contributed by atoms with E-state index < -0.39 is 5.56 Å². The van der Waals surface area contributed by atoms with E-state index in [0.717, 1.165) is 0 Å². The number of amides is 2. The molecule has 0 aromatic carbocycles. The van der Waals surface area contributed by atoms with Gasteiger partial charge < -0.3 is 10.2 Å². The predicted molar refractivity (Wildman–Crippen MR) is 72.5 cm³/mol. The fourth-order valence-corrected chi connectivity index (χ4v) is 2.23. The molecule has 7 heteroatoms. The van der Waals surface area contributed by atoms with Crippen molar-refractivity contribution >= 4 is 11.8 Å². The molecular formula is C13H18N4O3. The zero-order valence-electron chi connectivity index (χ0n) is 11.9. The monoisotopic (exact) mass is 278 g/mol. The molecule has 0 atom stereocenters. The van der Waals surface area contributed by atoms with Crippen LogP contribution in [-0.2, 0) is 11.8 Å². The Morgan fingerprint density at radius 1 is 1.25 bits per heavy atom. The lowest BCUT2D eigenvalue weighted by Crippen LogP contribution is -2.39. The Morgan fingerprint density at radius 2 is 1.95 bits per heavy atom. The summed E-state index contributed by atoms with van der Waals surface area (Å²) >= 11 is 0. The van der Waals surface area contributed by atoms with Crippen molar-refractivity contribution in [1.29, 1.82) is 0 Å². The summed E-state index contributed by atoms with van der Waals surface area (Å²) in [4.78, 5) is 37.5. The maximum absolute atomic E-state index is 12.6. The van der Waals surface area contributed by atoms with Crippen molar-refractivity contribution in [2.75, 3.05) is 19.6 Å². The van der Waals surface area contributed by atoms with Gasteiger partial charge in [-0.1, -0.05) is 0 Å². The fourth-order valence-electron chi connectivity index (χ4n) is 2.23. The van der Waals surface area contributed by atoms with Gasteiger partial charge in [-0.3, -0.25) is 14.4 Å². The molecule has 1 aliphatic rings. The van der Waals surface area contributed by atoms with Gasteiger partial charge in [-0.15, -0.1) is 0 Å². The molecule has 2 rings (SSSR count). The molecule has 0 unspecified atom stereocenters. The second-order valence-electron chi connectivity index (χ2n) is 4.91. The van der Waals surface area contributed by atoms with Crippen LogP contribution in [0.4, 0.5) is 0 Å². The molecule has 1 aromatic rings. The normalized spacial score (nSPS) is 15.8. The summed E-state index contributed by atoms with van der Waals surface area (Å²) in [5, 5.41) is 6.76. The van der Waals surface area contributed by atoms with Crippen LogP contribution in [0.3, 0.4) is 0 Å². The zero-order chi connectivity index (χ0) is 14.9. The van der Waals surface area contributed by atoms with Gasteiger partial charge in [-0.25, -0.2) is 4.68 Å². The Kier molecular flexibility index (Phi) is 3.87. The summed E-state index contributed by atoms with van der Waals surface area (Å²) in [5.41, 5.74) is 0.997. The standard InChI is InChI=1S/C13H18N4O3/c1-8-9(2)15-16(3)12(19)11(8)13(20)17-6-4-10(18)14-5-7-17/h4-7H2,1-3H3,(H,14,18). The van der Waals surface area contributed by atoms with Crippen LogP contribution < -0.4 is 10.9 Å². The molecule has 2 heterocycles. The molecule has 108 valence electrons. The van der Waals surface area contributed by atoms with Crippen molar-refractivity contribution in [3.05, 3.63) is 27.2 Å². The van der Waals surface area contributed by atoms with Crippen molar-refractivity contribution in [3.8, 4) is 0 Å². The molecule has 2 amide bonds. The molecule has 0 saturated carbocycles. The third-order valence-corrected chi connectivity index (χ3v) is 3.54. The van der Waals surface area contributed by atoms with E-state index in [-0.39, 0.29) is 23.8 Å². The number of nitrogens with one attached hydrogen (secondary N) is 1. The molecule has 1 fully saturated rings. The second-order valence-corrected chi connectivity index (χ2v) is 4.91. The largest absolute Gasteiger partial charge is 0.354 e. The fraction of sp³-hybridized carbons (Fsp3) is 0.538. The molecule has 20 heavy (non-hydrogen) atoms. The molecule has 0 spiro atoms. The van der Waals surface area contributed by atoms with Crippen LogP contribution in [0, 0.1) is 13.8 Å². The average molecular weight is 278 g/mol. The van der Waals surface area contributed by atoms with Crippen molar-refractivity contribution in [2.45, 2.75) is 20.3 Å². The van der Waals surface area contributed by atoms with Gasteiger partial charge in [0, 0.05) is 33.1 Å². The van der Waals surface area contributed by atoms with Crippen molar-refractivity contribution < 1.29 is 9.59 Å². The number of nitrogens with zero attached hydrogens (tertiary/aromatic N) is 3. The van der Waals surface area contributed by atoms with Crippen LogP contribution in [-0.4, -0.2) is 46.1 Å². The topological polar surface area (TPSA) is 84.3 Å². The maximum atomic E-state index is 12.6. The third-order valence-electron chi connectivity index (χ3n) is 3.54. The Morgan fingerprint density at radius 3 is 2.65 bits per heavy atom. The summed E-state index contributed by atoms with van der Waals surface area (Å²) in [5.74, 6) is -0.402. The molecule has 0 aliphatic carbocycles. The lowest BCUT2D eigenvalue weighted by molar-refractivity contribution is -0.120. The van der Waals surface area contributed by atoms with E-state index in [1.165, 1.54) is 11.7 Å². The summed E-state index contributed by atoms with van der Waals surface area (Å²) < 4.78 is 1.18. The highest BCUT2D eigenvalue weighted by atomic mass is 16.2. The van der Waals surface area contributed by atoms with Crippen molar-refractivity contribution in [2.24, 2.45) is 7.05 Å². The second kappa shape index (κ2) is 5.44. The van der Waals surface area contributed by atoms with Crippen LogP contribution in [0.2, 0.25) is 0 Å². The van der Waals surface area contributed by atoms with Crippen LogP contribution >= 0.6 is 0 Å². The maximum Gasteiger partial charge on any atom is 0.279 e. The average Bonchev–Trinajstić information content (AvgIpc) is 2.61. The zero-order valence-corrected chi connectivity index (χ0v) is 11.9. The molecule has 1 aliphatic heterocycles. The SMILES string of the molecule is Cc1nn(C)c(=O)c(C(=O)N2CCNC(=O)CC2)c1C. The van der Waals surface area contributed by atoms with Gasteiger partial charge in [0.25, 0.3) is 11.5 Å². The summed E-state index contributed by atoms with van der Waals surface area (Å²) in [7, 11) is 1.53. The van der Waals surface area contributed by atoms with Crippen LogP contribution in [0.25, 0.3) is 0 Å². The number of carbonyl (C=O) groups is 2. The summed E-state index contributed by atoms with van der Waals surface area (Å²) in [6, 6.07) is 0. The minimum absolute atomic E-state index is 0.0733. The number of hydrogen-bond acceptors (Lipinski definition) is 4. The highest BCUT2D eigenvalue weighted by molar-refractivity contribution is 5.95. The van der Waals surface area contributed by atoms with E-state index in [2.05, 4.69) is 10.4 Å². The molecular weight excluding hydrogens is 260 g/mol. The van der Waals surface area contributed by atoms with E-state index in [4.69, 9.17) is 0 Å². The minimum Gasteiger partial charge on any atom is -0.354 e. The molecule has 0 radical (unpaired) electrons. The predicted octanol–water partition coefficient (Wildman–Crippen LogP) is -0.641. The van der Waals surface area contributed by atoms with Gasteiger partial charge in [-0.2, -0.15) is 5.10 Å². The van der Waals surface area contributed by atoms with Crippen molar-refractivity contribution in [1.82, 2.24) is 20.0 Å². The Balaban J connectivity index is 2.38. The summed E-state index contributed by atoms with van der Waals surface area (Å²) in [6.07, 6.45) is 0.259. The van der Waals surface area contributed by atoms with Gasteiger partial charge in [0.05, 0.1) is 5.69 Å². The van der Waals surface area contributed by atoms with Gasteiger partial charge in [0.1, 0.15) is 5.56 Å². The highest BCUT2D eigenvalue weighted by Gasteiger charge is 2.25. The Bertz CT molecular complexity index is 621. The van der Waals surface area contributed by atoms with Gasteiger partial charge in [0.15, 0.2) is 0 Å². The molecule has 1 N–H and O–H groups in total. The molecule has 7 nitrogen and oxygen atoms in total. The first-order valence-corrected chi connectivity index (χ1v) is 6.52. The van der Waals surface area contributed by atoms with Crippen LogP contribution in [0.5, 0.6) is 0 Å². The van der Waals surface area contributed by atoms with Crippen molar-refractivity contribution in [3.63, 3.8) is 0 Å². The first kappa shape index (κ1) is 14.2. The van der Waals surface area contributed by atoms with Gasteiger partial charge in [-0.05, 0) is 19.4 Å². The number of aryl methyl sites for hydroxylation is 2. The molecule has 0 bridgehead atoms. The minimum atomic E-state index is -0.401. The number of aromatic nitrogens is 2. The van der Waals surface area contributed by atoms with Crippen LogP contribution in [0.1, 0.15) is 28.0 Å². The van der Waals surface area contributed by atoms with Gasteiger partial charge in [0.2, 0.25) is 5.91 Å². The molecule has 1 saturated heterocycles. The van der Waals surface area contributed by atoms with E-state index in [0.29, 0.717) is 30.9 Å². The Hall–Kier alpha value is -2.18. The lowest BCUT2D eigenvalue weighted by atomic mass is 10.1. The van der Waals surface area contributed by atoms with Gasteiger partial charge >= 0.3 is 0 Å². The van der Waals surface area contributed by atoms with Crippen LogP contribution in [0.15, 0.2) is 4.79 Å². The number of hydrogen-bond donors (Lipinski definition) is 1. The number of rotatable bonds is 1. The van der Waals surface area contributed by atoms with E-state index in [1.807, 2.05) is 0 Å². The third kappa shape index (κ3) is 2.56.